The van der Waals surface area contributed by atoms with Crippen LogP contribution in [0.2, 0.25) is 0 Å². The summed E-state index contributed by atoms with van der Waals surface area (Å²) in [6, 6.07) is 0. The molecule has 0 saturated carbocycles. The van der Waals surface area contributed by atoms with E-state index in [1.807, 2.05) is 0 Å². The smallest absolute Gasteiger partial charge is 0.319 e. The molecule has 16 heavy (non-hydrogen) atoms. The van der Waals surface area contributed by atoms with Gasteiger partial charge in [0.05, 0.1) is 25.9 Å². The lowest BCUT2D eigenvalue weighted by atomic mass is 10.2. The Morgan fingerprint density at radius 1 is 1.56 bits per heavy atom. The Labute approximate surface area is 97.1 Å². The topological polar surface area (TPSA) is 50.8 Å². The van der Waals surface area contributed by atoms with Crippen molar-refractivity contribution in [2.45, 2.75) is 20.0 Å². The van der Waals surface area contributed by atoms with Crippen LogP contribution in [-0.4, -0.2) is 62.9 Å². The molecule has 1 unspecified atom stereocenters. The molecule has 1 N–H and O–H groups in total. The van der Waals surface area contributed by atoms with Crippen LogP contribution < -0.4 is 5.32 Å². The van der Waals surface area contributed by atoms with Crippen LogP contribution >= 0.6 is 0 Å². The molecule has 1 heterocycles. The van der Waals surface area contributed by atoms with E-state index >= 15 is 0 Å². The second-order valence-corrected chi connectivity index (χ2v) is 3.82. The van der Waals surface area contributed by atoms with Gasteiger partial charge < -0.3 is 14.8 Å². The lowest BCUT2D eigenvalue weighted by Crippen LogP contribution is -2.47. The molecule has 0 aromatic rings. The zero-order valence-corrected chi connectivity index (χ0v) is 10.2. The third-order valence-corrected chi connectivity index (χ3v) is 2.62. The maximum absolute atomic E-state index is 11.1. The Bertz CT molecular complexity index is 211. The fourth-order valence-corrected chi connectivity index (χ4v) is 1.74. The fraction of sp³-hybridized carbons (Fsp3) is 0.909. The number of ether oxygens (including phenoxy) is 2. The highest BCUT2D eigenvalue weighted by Gasteiger charge is 2.18. The first-order valence-corrected chi connectivity index (χ1v) is 5.96. The molecule has 5 nitrogen and oxygen atoms in total. The minimum absolute atomic E-state index is 0.183. The molecule has 1 aliphatic rings. The van der Waals surface area contributed by atoms with E-state index in [1.54, 1.807) is 6.92 Å². The predicted molar refractivity (Wildman–Crippen MR) is 61.4 cm³/mol. The minimum Gasteiger partial charge on any atom is -0.465 e. The van der Waals surface area contributed by atoms with Gasteiger partial charge >= 0.3 is 5.97 Å². The van der Waals surface area contributed by atoms with Gasteiger partial charge in [-0.2, -0.15) is 0 Å². The van der Waals surface area contributed by atoms with E-state index in [0.717, 1.165) is 26.2 Å². The van der Waals surface area contributed by atoms with Crippen LogP contribution in [0.3, 0.4) is 0 Å². The monoisotopic (exact) mass is 230 g/mol. The molecule has 1 rings (SSSR count). The zero-order valence-electron chi connectivity index (χ0n) is 10.2. The van der Waals surface area contributed by atoms with Crippen molar-refractivity contribution in [2.75, 3.05) is 45.9 Å². The standard InChI is InChI=1S/C11H22N2O3/c1-3-13-5-6-16-10(9-13)7-12-8-11(14)15-4-2/h10,12H,3-9H2,1-2H3. The van der Waals surface area contributed by atoms with Crippen molar-refractivity contribution in [1.82, 2.24) is 10.2 Å². The van der Waals surface area contributed by atoms with Crippen molar-refractivity contribution >= 4 is 5.97 Å². The maximum Gasteiger partial charge on any atom is 0.319 e. The van der Waals surface area contributed by atoms with Gasteiger partial charge in [-0.15, -0.1) is 0 Å². The summed E-state index contributed by atoms with van der Waals surface area (Å²) in [5, 5.41) is 3.06. The van der Waals surface area contributed by atoms with Gasteiger partial charge in [-0.1, -0.05) is 6.92 Å². The summed E-state index contributed by atoms with van der Waals surface area (Å²) >= 11 is 0. The lowest BCUT2D eigenvalue weighted by molar-refractivity contribution is -0.142. The van der Waals surface area contributed by atoms with Crippen LogP contribution in [-0.2, 0) is 14.3 Å². The average Bonchev–Trinajstić information content (AvgIpc) is 2.30. The van der Waals surface area contributed by atoms with E-state index in [1.165, 1.54) is 0 Å². The number of carbonyl (C=O) groups excluding carboxylic acids is 1. The van der Waals surface area contributed by atoms with Crippen molar-refractivity contribution in [3.63, 3.8) is 0 Å². The van der Waals surface area contributed by atoms with Crippen molar-refractivity contribution < 1.29 is 14.3 Å². The zero-order chi connectivity index (χ0) is 11.8. The molecule has 1 aliphatic heterocycles. The average molecular weight is 230 g/mol. The number of likely N-dealkylation sites (N-methyl/N-ethyl adjacent to an activating group) is 1. The number of nitrogens with zero attached hydrogens (tertiary/aromatic N) is 1. The van der Waals surface area contributed by atoms with E-state index in [0.29, 0.717) is 13.2 Å². The number of morpholine rings is 1. The Morgan fingerprint density at radius 3 is 3.06 bits per heavy atom. The van der Waals surface area contributed by atoms with Gasteiger partial charge in [-0.3, -0.25) is 9.69 Å². The van der Waals surface area contributed by atoms with E-state index in [4.69, 9.17) is 9.47 Å². The van der Waals surface area contributed by atoms with Crippen LogP contribution in [0.25, 0.3) is 0 Å². The number of esters is 1. The molecule has 94 valence electrons. The van der Waals surface area contributed by atoms with Gasteiger partial charge in [0.1, 0.15) is 0 Å². The number of rotatable bonds is 6. The Morgan fingerprint density at radius 2 is 2.38 bits per heavy atom. The largest absolute Gasteiger partial charge is 0.465 e. The van der Waals surface area contributed by atoms with Gasteiger partial charge in [0.2, 0.25) is 0 Å². The van der Waals surface area contributed by atoms with Crippen LogP contribution in [0.1, 0.15) is 13.8 Å². The summed E-state index contributed by atoms with van der Waals surface area (Å²) < 4.78 is 10.4. The highest BCUT2D eigenvalue weighted by molar-refractivity contribution is 5.71. The Kier molecular flexibility index (Phi) is 6.37. The highest BCUT2D eigenvalue weighted by Crippen LogP contribution is 2.03. The fourth-order valence-electron chi connectivity index (χ4n) is 1.74. The molecule has 1 fully saturated rings. The molecule has 1 saturated heterocycles. The van der Waals surface area contributed by atoms with E-state index in [9.17, 15) is 4.79 Å². The summed E-state index contributed by atoms with van der Waals surface area (Å²) in [6.45, 7) is 9.13. The van der Waals surface area contributed by atoms with E-state index in [2.05, 4.69) is 17.1 Å². The van der Waals surface area contributed by atoms with Gasteiger partial charge in [0, 0.05) is 19.6 Å². The van der Waals surface area contributed by atoms with Crippen LogP contribution in [0.4, 0.5) is 0 Å². The third kappa shape index (κ3) is 4.92. The molecule has 0 aliphatic carbocycles. The summed E-state index contributed by atoms with van der Waals surface area (Å²) in [7, 11) is 0. The highest BCUT2D eigenvalue weighted by atomic mass is 16.5. The molecule has 0 spiro atoms. The number of hydrogen-bond acceptors (Lipinski definition) is 5. The van der Waals surface area contributed by atoms with Crippen LogP contribution in [0, 0.1) is 0 Å². The first-order chi connectivity index (χ1) is 7.76. The molecule has 0 aromatic heterocycles. The van der Waals surface area contributed by atoms with Gasteiger partial charge in [-0.25, -0.2) is 0 Å². The lowest BCUT2D eigenvalue weighted by Gasteiger charge is -2.32. The number of hydrogen-bond donors (Lipinski definition) is 1. The van der Waals surface area contributed by atoms with Crippen molar-refractivity contribution in [3.8, 4) is 0 Å². The number of carbonyl (C=O) groups is 1. The van der Waals surface area contributed by atoms with Crippen LogP contribution in [0.15, 0.2) is 0 Å². The minimum atomic E-state index is -0.203. The summed E-state index contributed by atoms with van der Waals surface area (Å²) in [4.78, 5) is 13.4. The Balaban J connectivity index is 2.10. The van der Waals surface area contributed by atoms with E-state index in [-0.39, 0.29) is 18.6 Å². The van der Waals surface area contributed by atoms with Crippen molar-refractivity contribution in [3.05, 3.63) is 0 Å². The second-order valence-electron chi connectivity index (χ2n) is 3.82. The Hall–Kier alpha value is -0.650. The predicted octanol–water partition coefficient (Wildman–Crippen LogP) is -0.140. The van der Waals surface area contributed by atoms with E-state index < -0.39 is 0 Å². The van der Waals surface area contributed by atoms with Gasteiger partial charge in [0.15, 0.2) is 0 Å². The van der Waals surface area contributed by atoms with Gasteiger partial charge in [0.25, 0.3) is 0 Å². The van der Waals surface area contributed by atoms with Crippen LogP contribution in [0.5, 0.6) is 0 Å². The summed E-state index contributed by atoms with van der Waals surface area (Å²) in [5.74, 6) is -0.203. The second kappa shape index (κ2) is 7.60. The maximum atomic E-state index is 11.1. The molecule has 1 atom stereocenters. The van der Waals surface area contributed by atoms with Crippen molar-refractivity contribution in [2.24, 2.45) is 0 Å². The SMILES string of the molecule is CCOC(=O)CNCC1CN(CC)CCO1. The molecule has 0 bridgehead atoms. The molecular formula is C11H22N2O3. The molecule has 0 amide bonds. The number of nitrogens with one attached hydrogen (secondary N) is 1. The third-order valence-electron chi connectivity index (χ3n) is 2.62. The molecular weight excluding hydrogens is 208 g/mol. The molecule has 0 aromatic carbocycles. The quantitative estimate of drug-likeness (QED) is 0.644. The normalized spacial score (nSPS) is 22.0. The summed E-state index contributed by atoms with van der Waals surface area (Å²) in [5.41, 5.74) is 0. The first-order valence-electron chi connectivity index (χ1n) is 5.96. The molecule has 5 heteroatoms. The summed E-state index contributed by atoms with van der Waals surface area (Å²) in [6.07, 6.45) is 0.183. The first kappa shape index (κ1) is 13.4. The van der Waals surface area contributed by atoms with Crippen molar-refractivity contribution in [1.29, 1.82) is 0 Å². The molecule has 0 radical (unpaired) electrons. The van der Waals surface area contributed by atoms with Gasteiger partial charge in [-0.05, 0) is 13.5 Å².